The second kappa shape index (κ2) is 5.14. The topological polar surface area (TPSA) is 0 Å². The summed E-state index contributed by atoms with van der Waals surface area (Å²) in [6.07, 6.45) is 5.71. The molecule has 0 aromatic heterocycles. The molecule has 3 rings (SSSR count). The Morgan fingerprint density at radius 2 is 1.59 bits per heavy atom. The number of aryl methyl sites for hydroxylation is 1. The Balaban J connectivity index is 2.23. The van der Waals surface area contributed by atoms with E-state index in [1.807, 2.05) is 18.2 Å². The van der Waals surface area contributed by atoms with Crippen LogP contribution in [0.15, 0.2) is 67.8 Å². The molecule has 0 bridgehead atoms. The minimum absolute atomic E-state index is 0.0349. The van der Waals surface area contributed by atoms with Crippen LogP contribution in [0.4, 0.5) is 0 Å². The predicted octanol–water partition coefficient (Wildman–Crippen LogP) is 6.06. The van der Waals surface area contributed by atoms with Gasteiger partial charge in [0.15, 0.2) is 0 Å². The van der Waals surface area contributed by atoms with Crippen molar-refractivity contribution in [3.05, 3.63) is 90.0 Å². The van der Waals surface area contributed by atoms with Gasteiger partial charge in [0.05, 0.1) is 0 Å². The minimum Gasteiger partial charge on any atom is -0.0990 e. The Morgan fingerprint density at radius 3 is 2.23 bits per heavy atom. The first-order chi connectivity index (χ1) is 10.5. The van der Waals surface area contributed by atoms with Crippen molar-refractivity contribution in [2.75, 3.05) is 0 Å². The standard InChI is InChI=1S/C22H22/c1-6-8-16(7-2)17-10-12-19-18-11-9-15(3)13-20(18)22(4,5)21(19)14-17/h6-14H,1-2H2,3-5H3/b16-8+. The average molecular weight is 286 g/mol. The molecule has 0 radical (unpaired) electrons. The molecule has 110 valence electrons. The number of hydrogen-bond donors (Lipinski definition) is 0. The molecule has 0 amide bonds. The van der Waals surface area contributed by atoms with E-state index in [1.165, 1.54) is 33.4 Å². The van der Waals surface area contributed by atoms with E-state index < -0.39 is 0 Å². The molecule has 22 heavy (non-hydrogen) atoms. The fourth-order valence-electron chi connectivity index (χ4n) is 3.44. The summed E-state index contributed by atoms with van der Waals surface area (Å²) in [7, 11) is 0. The van der Waals surface area contributed by atoms with Crippen LogP contribution in [-0.4, -0.2) is 0 Å². The molecule has 2 aromatic carbocycles. The van der Waals surface area contributed by atoms with Gasteiger partial charge >= 0.3 is 0 Å². The van der Waals surface area contributed by atoms with Crippen LogP contribution in [0.3, 0.4) is 0 Å². The smallest absolute Gasteiger partial charge is 0.0159 e. The number of hydrogen-bond acceptors (Lipinski definition) is 0. The van der Waals surface area contributed by atoms with Gasteiger partial charge in [-0.15, -0.1) is 0 Å². The third-order valence-corrected chi connectivity index (χ3v) is 4.68. The Labute approximate surface area is 133 Å². The minimum atomic E-state index is 0.0349. The van der Waals surface area contributed by atoms with Gasteiger partial charge in [0.25, 0.3) is 0 Å². The zero-order chi connectivity index (χ0) is 15.9. The molecule has 1 aliphatic carbocycles. The van der Waals surface area contributed by atoms with E-state index in [0.717, 1.165) is 5.57 Å². The molecule has 0 unspecified atom stereocenters. The van der Waals surface area contributed by atoms with Gasteiger partial charge in [0, 0.05) is 5.41 Å². The summed E-state index contributed by atoms with van der Waals surface area (Å²) in [5.41, 5.74) is 9.20. The van der Waals surface area contributed by atoms with Crippen molar-refractivity contribution in [2.45, 2.75) is 26.2 Å². The second-order valence-electron chi connectivity index (χ2n) is 6.50. The summed E-state index contributed by atoms with van der Waals surface area (Å²) in [4.78, 5) is 0. The molecule has 0 N–H and O–H groups in total. The summed E-state index contributed by atoms with van der Waals surface area (Å²) < 4.78 is 0. The van der Waals surface area contributed by atoms with E-state index in [4.69, 9.17) is 0 Å². The first kappa shape index (κ1) is 14.6. The average Bonchev–Trinajstić information content (AvgIpc) is 2.73. The van der Waals surface area contributed by atoms with Gasteiger partial charge in [-0.05, 0) is 46.4 Å². The zero-order valence-corrected chi connectivity index (χ0v) is 13.6. The van der Waals surface area contributed by atoms with Gasteiger partial charge in [0.2, 0.25) is 0 Å². The highest BCUT2D eigenvalue weighted by atomic mass is 14.4. The van der Waals surface area contributed by atoms with E-state index in [2.05, 4.69) is 70.3 Å². The third kappa shape index (κ3) is 2.07. The van der Waals surface area contributed by atoms with Crippen LogP contribution in [0.2, 0.25) is 0 Å². The van der Waals surface area contributed by atoms with Crippen molar-refractivity contribution in [1.82, 2.24) is 0 Å². The molecular formula is C22H22. The van der Waals surface area contributed by atoms with Crippen molar-refractivity contribution in [3.63, 3.8) is 0 Å². The molecule has 0 heterocycles. The molecule has 0 saturated heterocycles. The first-order valence-electron chi connectivity index (χ1n) is 7.70. The summed E-state index contributed by atoms with van der Waals surface area (Å²) in [6.45, 7) is 14.5. The highest BCUT2D eigenvalue weighted by molar-refractivity contribution is 5.84. The molecule has 0 spiro atoms. The lowest BCUT2D eigenvalue weighted by molar-refractivity contribution is 0.659. The van der Waals surface area contributed by atoms with Crippen LogP contribution < -0.4 is 0 Å². The summed E-state index contributed by atoms with van der Waals surface area (Å²) in [5, 5.41) is 0. The number of fused-ring (bicyclic) bond motifs is 3. The maximum atomic E-state index is 3.92. The van der Waals surface area contributed by atoms with Crippen LogP contribution in [-0.2, 0) is 5.41 Å². The molecule has 0 aliphatic heterocycles. The monoisotopic (exact) mass is 286 g/mol. The molecule has 0 nitrogen and oxygen atoms in total. The first-order valence-corrected chi connectivity index (χ1v) is 7.70. The van der Waals surface area contributed by atoms with Crippen molar-refractivity contribution >= 4 is 5.57 Å². The van der Waals surface area contributed by atoms with Gasteiger partial charge in [-0.2, -0.15) is 0 Å². The van der Waals surface area contributed by atoms with Crippen molar-refractivity contribution < 1.29 is 0 Å². The van der Waals surface area contributed by atoms with Crippen molar-refractivity contribution in [1.29, 1.82) is 0 Å². The Morgan fingerprint density at radius 1 is 0.955 bits per heavy atom. The maximum Gasteiger partial charge on any atom is 0.0159 e. The largest absolute Gasteiger partial charge is 0.0990 e. The SMILES string of the molecule is C=C/C=C(\C=C)c1ccc2c(c1)C(C)(C)c1cc(C)ccc1-2. The van der Waals surface area contributed by atoms with Gasteiger partial charge in [-0.3, -0.25) is 0 Å². The van der Waals surface area contributed by atoms with Crippen LogP contribution in [0.5, 0.6) is 0 Å². The highest BCUT2D eigenvalue weighted by Gasteiger charge is 2.35. The second-order valence-corrected chi connectivity index (χ2v) is 6.50. The van der Waals surface area contributed by atoms with Gasteiger partial charge in [-0.25, -0.2) is 0 Å². The van der Waals surface area contributed by atoms with Gasteiger partial charge in [0.1, 0.15) is 0 Å². The lowest BCUT2D eigenvalue weighted by Crippen LogP contribution is -2.15. The fraction of sp³-hybridized carbons (Fsp3) is 0.182. The normalized spacial score (nSPS) is 15.1. The molecule has 0 fully saturated rings. The van der Waals surface area contributed by atoms with E-state index in [0.29, 0.717) is 0 Å². The number of rotatable bonds is 3. The van der Waals surface area contributed by atoms with Crippen LogP contribution in [0, 0.1) is 6.92 Å². The molecule has 0 saturated carbocycles. The highest BCUT2D eigenvalue weighted by Crippen LogP contribution is 2.49. The van der Waals surface area contributed by atoms with Gasteiger partial charge in [-0.1, -0.05) is 81.1 Å². The lowest BCUT2D eigenvalue weighted by atomic mass is 9.81. The zero-order valence-electron chi connectivity index (χ0n) is 13.6. The molecule has 0 atom stereocenters. The fourth-order valence-corrected chi connectivity index (χ4v) is 3.44. The van der Waals surface area contributed by atoms with Gasteiger partial charge < -0.3 is 0 Å². The predicted molar refractivity (Wildman–Crippen MR) is 97.1 cm³/mol. The Kier molecular flexibility index (Phi) is 3.41. The quantitative estimate of drug-likeness (QED) is 0.602. The van der Waals surface area contributed by atoms with Crippen LogP contribution in [0.1, 0.15) is 36.1 Å². The number of allylic oxidation sites excluding steroid dienone is 4. The third-order valence-electron chi connectivity index (χ3n) is 4.68. The van der Waals surface area contributed by atoms with Crippen LogP contribution >= 0.6 is 0 Å². The molecule has 1 aliphatic rings. The van der Waals surface area contributed by atoms with Crippen LogP contribution in [0.25, 0.3) is 16.7 Å². The summed E-state index contributed by atoms with van der Waals surface area (Å²) in [6, 6.07) is 13.5. The van der Waals surface area contributed by atoms with Crippen molar-refractivity contribution in [2.24, 2.45) is 0 Å². The Bertz CT molecular complexity index is 801. The summed E-state index contributed by atoms with van der Waals surface area (Å²) >= 11 is 0. The van der Waals surface area contributed by atoms with Crippen molar-refractivity contribution in [3.8, 4) is 11.1 Å². The maximum absolute atomic E-state index is 3.92. The lowest BCUT2D eigenvalue weighted by Gasteiger charge is -2.22. The Hall–Kier alpha value is -2.34. The summed E-state index contributed by atoms with van der Waals surface area (Å²) in [5.74, 6) is 0. The van der Waals surface area contributed by atoms with E-state index in [9.17, 15) is 0 Å². The van der Waals surface area contributed by atoms with E-state index >= 15 is 0 Å². The van der Waals surface area contributed by atoms with E-state index in [-0.39, 0.29) is 5.41 Å². The molecule has 2 aromatic rings. The van der Waals surface area contributed by atoms with E-state index in [1.54, 1.807) is 0 Å². The molecular weight excluding hydrogens is 264 g/mol. The number of benzene rings is 2. The molecule has 0 heteroatoms.